The summed E-state index contributed by atoms with van der Waals surface area (Å²) in [6.45, 7) is -0.676. The van der Waals surface area contributed by atoms with Crippen LogP contribution in [0.4, 0.5) is 10.5 Å². The number of ether oxygens (including phenoxy) is 4. The van der Waals surface area contributed by atoms with E-state index in [0.717, 1.165) is 4.90 Å². The van der Waals surface area contributed by atoms with E-state index in [1.165, 1.54) is 13.2 Å². The molecule has 1 fully saturated rings. The number of hydrogen-bond donors (Lipinski definition) is 1. The van der Waals surface area contributed by atoms with E-state index in [2.05, 4.69) is 26.0 Å². The predicted octanol–water partition coefficient (Wildman–Crippen LogP) is 3.40. The molecule has 0 atom stereocenters. The van der Waals surface area contributed by atoms with E-state index in [0.29, 0.717) is 44.7 Å². The lowest BCUT2D eigenvalue weighted by Gasteiger charge is -2.13. The molecule has 2 aromatic carbocycles. The summed E-state index contributed by atoms with van der Waals surface area (Å²) in [6.07, 6.45) is 1.47. The van der Waals surface area contributed by atoms with Crippen molar-refractivity contribution in [3.05, 3.63) is 51.3 Å². The summed E-state index contributed by atoms with van der Waals surface area (Å²) in [4.78, 5) is 50.1. The van der Waals surface area contributed by atoms with Gasteiger partial charge in [0.2, 0.25) is 12.7 Å². The maximum Gasteiger partial charge on any atom is 0.343 e. The summed E-state index contributed by atoms with van der Waals surface area (Å²) in [7, 11) is 1.24. The number of fused-ring (bicyclic) bond motifs is 1. The highest BCUT2D eigenvalue weighted by atomic mass is 79.9. The van der Waals surface area contributed by atoms with Gasteiger partial charge < -0.3 is 24.3 Å². The van der Waals surface area contributed by atoms with Crippen LogP contribution in [0.1, 0.15) is 5.56 Å². The number of anilines is 1. The first-order valence-corrected chi connectivity index (χ1v) is 11.4. The van der Waals surface area contributed by atoms with Gasteiger partial charge in [-0.1, -0.05) is 15.9 Å². The Balaban J connectivity index is 1.45. The normalized spacial score (nSPS) is 15.6. The van der Waals surface area contributed by atoms with E-state index in [4.69, 9.17) is 14.2 Å². The van der Waals surface area contributed by atoms with Gasteiger partial charge >= 0.3 is 5.97 Å². The number of nitrogens with one attached hydrogen (secondary N) is 1. The predicted molar refractivity (Wildman–Crippen MR) is 126 cm³/mol. The van der Waals surface area contributed by atoms with Crippen molar-refractivity contribution in [1.29, 1.82) is 0 Å². The molecule has 4 rings (SSSR count). The smallest absolute Gasteiger partial charge is 0.343 e. The molecular weight excluding hydrogens is 532 g/mol. The number of nitrogens with zero attached hydrogens (tertiary/aromatic N) is 1. The lowest BCUT2D eigenvalue weighted by Crippen LogP contribution is -2.36. The van der Waals surface area contributed by atoms with Crippen LogP contribution < -0.4 is 19.5 Å². The van der Waals surface area contributed by atoms with Crippen LogP contribution in [0.5, 0.6) is 17.2 Å². The Hall–Kier alpha value is -3.51. The Morgan fingerprint density at radius 1 is 1.18 bits per heavy atom. The topological polar surface area (TPSA) is 120 Å². The van der Waals surface area contributed by atoms with Gasteiger partial charge in [-0.05, 0) is 48.2 Å². The van der Waals surface area contributed by atoms with Crippen molar-refractivity contribution in [1.82, 2.24) is 4.90 Å². The fourth-order valence-corrected chi connectivity index (χ4v) is 4.26. The van der Waals surface area contributed by atoms with Crippen molar-refractivity contribution in [2.75, 3.05) is 32.4 Å². The summed E-state index contributed by atoms with van der Waals surface area (Å²) >= 11 is 4.05. The van der Waals surface area contributed by atoms with Gasteiger partial charge in [0.25, 0.3) is 11.1 Å². The fourth-order valence-electron chi connectivity index (χ4n) is 3.06. The Morgan fingerprint density at radius 2 is 1.97 bits per heavy atom. The molecule has 176 valence electrons. The number of hydrogen-bond acceptors (Lipinski definition) is 9. The number of methoxy groups -OCH3 is 1. The second-order valence-electron chi connectivity index (χ2n) is 6.93. The fraction of sp³-hybridized carbons (Fsp3) is 0.182. The van der Waals surface area contributed by atoms with Gasteiger partial charge in [0.1, 0.15) is 12.3 Å². The standard InChI is InChI=1S/C22H17BrN2O8S/c1-30-20(27)10-31-15-4-2-13(23)6-12(15)7-18-21(28)25(22(29)34-18)9-19(26)24-14-3-5-16-17(8-14)33-11-32-16/h2-8H,9-11H2,1H3,(H,24,26)/b18-7+. The molecule has 0 aromatic heterocycles. The van der Waals surface area contributed by atoms with Crippen LogP contribution in [0.25, 0.3) is 6.08 Å². The van der Waals surface area contributed by atoms with Gasteiger partial charge in [-0.2, -0.15) is 0 Å². The zero-order valence-corrected chi connectivity index (χ0v) is 20.1. The van der Waals surface area contributed by atoms with Gasteiger partial charge in [-0.3, -0.25) is 19.3 Å². The minimum Gasteiger partial charge on any atom is -0.481 e. The quantitative estimate of drug-likeness (QED) is 0.409. The average Bonchev–Trinajstić information content (AvgIpc) is 3.38. The second kappa shape index (κ2) is 10.2. The molecule has 2 heterocycles. The lowest BCUT2D eigenvalue weighted by atomic mass is 10.2. The summed E-state index contributed by atoms with van der Waals surface area (Å²) < 4.78 is 21.2. The molecule has 0 bridgehead atoms. The number of benzene rings is 2. The Labute approximate surface area is 206 Å². The van der Waals surface area contributed by atoms with Gasteiger partial charge in [-0.25, -0.2) is 4.79 Å². The van der Waals surface area contributed by atoms with E-state index in [9.17, 15) is 19.2 Å². The molecule has 2 aliphatic heterocycles. The number of esters is 1. The second-order valence-corrected chi connectivity index (χ2v) is 8.84. The number of carbonyl (C=O) groups excluding carboxylic acids is 4. The SMILES string of the molecule is COC(=O)COc1ccc(Br)cc1/C=C1/SC(=O)N(CC(=O)Nc2ccc3c(c2)OCO3)C1=O. The van der Waals surface area contributed by atoms with Gasteiger partial charge in [-0.15, -0.1) is 0 Å². The molecule has 3 amide bonds. The van der Waals surface area contributed by atoms with Gasteiger partial charge in [0, 0.05) is 21.8 Å². The number of imide groups is 1. The molecule has 1 N–H and O–H groups in total. The van der Waals surface area contributed by atoms with Crippen molar-refractivity contribution >= 4 is 62.5 Å². The summed E-state index contributed by atoms with van der Waals surface area (Å²) in [6, 6.07) is 9.86. The molecule has 1 saturated heterocycles. The van der Waals surface area contributed by atoms with Crippen LogP contribution in [0.15, 0.2) is 45.8 Å². The van der Waals surface area contributed by atoms with E-state index < -0.39 is 29.6 Å². The summed E-state index contributed by atoms with van der Waals surface area (Å²) in [5, 5.41) is 2.05. The molecule has 12 heteroatoms. The average molecular weight is 549 g/mol. The lowest BCUT2D eigenvalue weighted by molar-refractivity contribution is -0.142. The van der Waals surface area contributed by atoms with Gasteiger partial charge in [0.15, 0.2) is 18.1 Å². The molecule has 34 heavy (non-hydrogen) atoms. The molecule has 0 unspecified atom stereocenters. The van der Waals surface area contributed by atoms with E-state index in [1.807, 2.05) is 0 Å². The third-order valence-electron chi connectivity index (χ3n) is 4.66. The third-order valence-corrected chi connectivity index (χ3v) is 6.06. The number of halogens is 1. The molecule has 0 spiro atoms. The van der Waals surface area contributed by atoms with Crippen LogP contribution in [-0.4, -0.2) is 55.0 Å². The molecular formula is C22H17BrN2O8S. The number of rotatable bonds is 7. The van der Waals surface area contributed by atoms with Gasteiger partial charge in [0.05, 0.1) is 12.0 Å². The molecule has 0 saturated carbocycles. The number of amides is 3. The molecule has 0 radical (unpaired) electrons. The molecule has 2 aliphatic rings. The van der Waals surface area contributed by atoms with Crippen molar-refractivity contribution < 1.29 is 38.1 Å². The van der Waals surface area contributed by atoms with Crippen LogP contribution in [0, 0.1) is 0 Å². The highest BCUT2D eigenvalue weighted by Crippen LogP contribution is 2.36. The Morgan fingerprint density at radius 3 is 2.76 bits per heavy atom. The first-order valence-electron chi connectivity index (χ1n) is 9.78. The van der Waals surface area contributed by atoms with Crippen molar-refractivity contribution in [3.8, 4) is 17.2 Å². The van der Waals surface area contributed by atoms with Crippen molar-refractivity contribution in [2.24, 2.45) is 0 Å². The van der Waals surface area contributed by atoms with Crippen molar-refractivity contribution in [3.63, 3.8) is 0 Å². The monoisotopic (exact) mass is 548 g/mol. The van der Waals surface area contributed by atoms with E-state index >= 15 is 0 Å². The zero-order valence-electron chi connectivity index (χ0n) is 17.7. The minimum absolute atomic E-state index is 0.100. The van der Waals surface area contributed by atoms with E-state index in [-0.39, 0.29) is 18.3 Å². The van der Waals surface area contributed by atoms with E-state index in [1.54, 1.807) is 36.4 Å². The first kappa shape index (κ1) is 23.6. The zero-order chi connectivity index (χ0) is 24.2. The van der Waals surface area contributed by atoms with Crippen LogP contribution in [0.3, 0.4) is 0 Å². The molecule has 0 aliphatic carbocycles. The number of thioether (sulfide) groups is 1. The Bertz CT molecular complexity index is 1220. The third kappa shape index (κ3) is 5.34. The Kier molecular flexibility index (Phi) is 7.08. The first-order chi connectivity index (χ1) is 16.3. The highest BCUT2D eigenvalue weighted by molar-refractivity contribution is 9.10. The minimum atomic E-state index is -0.616. The highest BCUT2D eigenvalue weighted by Gasteiger charge is 2.36. The molecule has 2 aromatic rings. The largest absolute Gasteiger partial charge is 0.481 e. The molecule has 10 nitrogen and oxygen atoms in total. The maximum atomic E-state index is 12.8. The van der Waals surface area contributed by atoms with Crippen LogP contribution in [-0.2, 0) is 19.1 Å². The van der Waals surface area contributed by atoms with Crippen LogP contribution >= 0.6 is 27.7 Å². The maximum absolute atomic E-state index is 12.8. The van der Waals surface area contributed by atoms with Crippen LogP contribution in [0.2, 0.25) is 0 Å². The van der Waals surface area contributed by atoms with Crippen molar-refractivity contribution in [2.45, 2.75) is 0 Å². The number of carbonyl (C=O) groups is 4. The summed E-state index contributed by atoms with van der Waals surface area (Å²) in [5.41, 5.74) is 0.909. The summed E-state index contributed by atoms with van der Waals surface area (Å²) in [5.74, 6) is -0.354.